The highest BCUT2D eigenvalue weighted by molar-refractivity contribution is 5.82. The molecule has 24 heavy (non-hydrogen) atoms. The van der Waals surface area contributed by atoms with E-state index in [1.807, 2.05) is 0 Å². The van der Waals surface area contributed by atoms with Crippen molar-refractivity contribution in [3.05, 3.63) is 34.9 Å². The van der Waals surface area contributed by atoms with Crippen LogP contribution in [0, 0.1) is 23.3 Å². The van der Waals surface area contributed by atoms with E-state index in [2.05, 4.69) is 9.73 Å². The Morgan fingerprint density at radius 1 is 1.17 bits per heavy atom. The van der Waals surface area contributed by atoms with Crippen LogP contribution in [0.4, 0.5) is 30.7 Å². The number of nitrogens with zero attached hydrogens (tertiary/aromatic N) is 1. The lowest BCUT2D eigenvalue weighted by Gasteiger charge is -2.27. The van der Waals surface area contributed by atoms with E-state index in [-0.39, 0.29) is 6.07 Å². The zero-order chi connectivity index (χ0) is 18.2. The van der Waals surface area contributed by atoms with Crippen LogP contribution in [0.5, 0.6) is 0 Å². The summed E-state index contributed by atoms with van der Waals surface area (Å²) >= 11 is 0. The summed E-state index contributed by atoms with van der Waals surface area (Å²) in [7, 11) is 0. The number of ether oxygens (including phenoxy) is 1. The number of halogens is 7. The minimum atomic E-state index is -5.02. The molecule has 3 unspecified atom stereocenters. The standard InChI is InChI=1S/C13H10F7NO3/c14-5-3-6(15)11(17)9(10(5)16)7(22)1-4-2-8(23)24-12(21-4)13(18,19)20/h3-4,7-8,22-23H,1-2H2. The maximum atomic E-state index is 13.6. The lowest BCUT2D eigenvalue weighted by molar-refractivity contribution is -0.121. The molecule has 1 aromatic rings. The van der Waals surface area contributed by atoms with Gasteiger partial charge in [-0.15, -0.1) is 0 Å². The van der Waals surface area contributed by atoms with E-state index in [1.165, 1.54) is 0 Å². The molecule has 0 spiro atoms. The van der Waals surface area contributed by atoms with Gasteiger partial charge in [-0.3, -0.25) is 0 Å². The van der Waals surface area contributed by atoms with Gasteiger partial charge in [0, 0.05) is 18.9 Å². The number of rotatable bonds is 3. The SMILES string of the molecule is OC1CC(CC(O)c2c(F)c(F)cc(F)c2F)N=C(C(F)(F)F)O1. The molecule has 0 aromatic heterocycles. The fraction of sp³-hybridized carbons (Fsp3) is 0.462. The van der Waals surface area contributed by atoms with Crippen molar-refractivity contribution in [1.82, 2.24) is 0 Å². The number of aliphatic imine (C=N–C) groups is 1. The third kappa shape index (κ3) is 3.78. The summed E-state index contributed by atoms with van der Waals surface area (Å²) in [5, 5.41) is 19.0. The quantitative estimate of drug-likeness (QED) is 0.643. The van der Waals surface area contributed by atoms with Crippen molar-refractivity contribution in [2.45, 2.75) is 37.5 Å². The number of hydrogen-bond donors (Lipinski definition) is 2. The van der Waals surface area contributed by atoms with Crippen LogP contribution in [-0.4, -0.2) is 34.6 Å². The van der Waals surface area contributed by atoms with Crippen LogP contribution >= 0.6 is 0 Å². The molecule has 4 nitrogen and oxygen atoms in total. The first kappa shape index (κ1) is 18.5. The second-order valence-electron chi connectivity index (χ2n) is 5.03. The molecular formula is C13H10F7NO3. The third-order valence-corrected chi connectivity index (χ3v) is 3.24. The molecule has 3 atom stereocenters. The van der Waals surface area contributed by atoms with Crippen LogP contribution in [0.15, 0.2) is 11.1 Å². The van der Waals surface area contributed by atoms with E-state index in [4.69, 9.17) is 0 Å². The van der Waals surface area contributed by atoms with E-state index in [0.717, 1.165) is 0 Å². The average Bonchev–Trinajstić information content (AvgIpc) is 2.44. The van der Waals surface area contributed by atoms with Crippen molar-refractivity contribution >= 4 is 5.90 Å². The van der Waals surface area contributed by atoms with Gasteiger partial charge in [0.2, 0.25) is 6.29 Å². The molecule has 1 aromatic carbocycles. The number of aliphatic hydroxyl groups excluding tert-OH is 2. The number of hydrogen-bond acceptors (Lipinski definition) is 4. The summed E-state index contributed by atoms with van der Waals surface area (Å²) in [6.45, 7) is 0. The van der Waals surface area contributed by atoms with Crippen LogP contribution < -0.4 is 0 Å². The first-order chi connectivity index (χ1) is 11.0. The highest BCUT2D eigenvalue weighted by atomic mass is 19.4. The summed E-state index contributed by atoms with van der Waals surface area (Å²) in [4.78, 5) is 3.09. The molecule has 0 aliphatic carbocycles. The molecule has 2 N–H and O–H groups in total. The summed E-state index contributed by atoms with van der Waals surface area (Å²) < 4.78 is 95.0. The van der Waals surface area contributed by atoms with Crippen LogP contribution in [0.2, 0.25) is 0 Å². The predicted octanol–water partition coefficient (Wildman–Crippen LogP) is 2.73. The number of alkyl halides is 3. The summed E-state index contributed by atoms with van der Waals surface area (Å²) in [5.74, 6) is -9.04. The van der Waals surface area contributed by atoms with E-state index in [0.29, 0.717) is 0 Å². The van der Waals surface area contributed by atoms with Gasteiger partial charge in [0.25, 0.3) is 5.90 Å². The average molecular weight is 361 g/mol. The fourth-order valence-corrected chi connectivity index (χ4v) is 2.21. The molecule has 1 heterocycles. The Hall–Kier alpha value is -1.88. The molecule has 0 saturated heterocycles. The molecule has 2 rings (SSSR count). The third-order valence-electron chi connectivity index (χ3n) is 3.24. The maximum absolute atomic E-state index is 13.6. The number of benzene rings is 1. The van der Waals surface area contributed by atoms with E-state index in [9.17, 15) is 40.9 Å². The lowest BCUT2D eigenvalue weighted by atomic mass is 9.98. The summed E-state index contributed by atoms with van der Waals surface area (Å²) in [6, 6.07) is -1.51. The van der Waals surface area contributed by atoms with Gasteiger partial charge in [0.15, 0.2) is 23.3 Å². The van der Waals surface area contributed by atoms with Gasteiger partial charge in [-0.2, -0.15) is 13.2 Å². The fourth-order valence-electron chi connectivity index (χ4n) is 2.21. The summed E-state index contributed by atoms with van der Waals surface area (Å²) in [6.07, 6.45) is -10.5. The maximum Gasteiger partial charge on any atom is 0.468 e. The smallest absolute Gasteiger partial charge is 0.445 e. The molecule has 1 aliphatic rings. The van der Waals surface area contributed by atoms with Crippen molar-refractivity contribution < 1.29 is 45.7 Å². The molecular weight excluding hydrogens is 351 g/mol. The van der Waals surface area contributed by atoms with Gasteiger partial charge in [-0.25, -0.2) is 22.6 Å². The highest BCUT2D eigenvalue weighted by Crippen LogP contribution is 2.32. The first-order valence-corrected chi connectivity index (χ1v) is 6.51. The van der Waals surface area contributed by atoms with Crippen LogP contribution in [0.25, 0.3) is 0 Å². The Balaban J connectivity index is 2.28. The van der Waals surface area contributed by atoms with E-state index < -0.39 is 72.2 Å². The Kier molecular flexibility index (Phi) is 5.04. The van der Waals surface area contributed by atoms with Crippen molar-refractivity contribution in [2.75, 3.05) is 0 Å². The second-order valence-corrected chi connectivity index (χ2v) is 5.03. The van der Waals surface area contributed by atoms with Gasteiger partial charge in [0.1, 0.15) is 0 Å². The van der Waals surface area contributed by atoms with Gasteiger partial charge in [-0.1, -0.05) is 0 Å². The normalized spacial score (nSPS) is 22.8. The lowest BCUT2D eigenvalue weighted by Crippen LogP contribution is -2.38. The monoisotopic (exact) mass is 361 g/mol. The molecule has 0 saturated carbocycles. The van der Waals surface area contributed by atoms with Crippen molar-refractivity contribution in [2.24, 2.45) is 4.99 Å². The van der Waals surface area contributed by atoms with Gasteiger partial charge in [-0.05, 0) is 0 Å². The Morgan fingerprint density at radius 2 is 1.71 bits per heavy atom. The van der Waals surface area contributed by atoms with Gasteiger partial charge < -0.3 is 14.9 Å². The minimum absolute atomic E-state index is 0.0704. The largest absolute Gasteiger partial charge is 0.468 e. The summed E-state index contributed by atoms with van der Waals surface area (Å²) in [5.41, 5.74) is -1.36. The van der Waals surface area contributed by atoms with Crippen LogP contribution in [-0.2, 0) is 4.74 Å². The zero-order valence-corrected chi connectivity index (χ0v) is 11.6. The minimum Gasteiger partial charge on any atom is -0.445 e. The Bertz CT molecular complexity index is 636. The topological polar surface area (TPSA) is 62.0 Å². The highest BCUT2D eigenvalue weighted by Gasteiger charge is 2.43. The molecule has 134 valence electrons. The van der Waals surface area contributed by atoms with Crippen molar-refractivity contribution in [3.63, 3.8) is 0 Å². The first-order valence-electron chi connectivity index (χ1n) is 6.51. The molecule has 0 bridgehead atoms. The molecule has 0 fully saturated rings. The predicted molar refractivity (Wildman–Crippen MR) is 64.8 cm³/mol. The molecule has 0 amide bonds. The van der Waals surface area contributed by atoms with Crippen molar-refractivity contribution in [1.29, 1.82) is 0 Å². The Morgan fingerprint density at radius 3 is 2.21 bits per heavy atom. The van der Waals surface area contributed by atoms with Gasteiger partial charge in [0.05, 0.1) is 17.7 Å². The second kappa shape index (κ2) is 6.55. The van der Waals surface area contributed by atoms with Crippen molar-refractivity contribution in [3.8, 4) is 0 Å². The van der Waals surface area contributed by atoms with Gasteiger partial charge >= 0.3 is 6.18 Å². The van der Waals surface area contributed by atoms with Crippen LogP contribution in [0.1, 0.15) is 24.5 Å². The van der Waals surface area contributed by atoms with Crippen LogP contribution in [0.3, 0.4) is 0 Å². The Labute approximate surface area is 130 Å². The number of aliphatic hydroxyl groups is 2. The molecule has 1 aliphatic heterocycles. The molecule has 11 heteroatoms. The van der Waals surface area contributed by atoms with E-state index >= 15 is 0 Å². The van der Waals surface area contributed by atoms with E-state index in [1.54, 1.807) is 0 Å². The zero-order valence-electron chi connectivity index (χ0n) is 11.6. The molecule has 0 radical (unpaired) electrons.